The normalized spacial score (nSPS) is 25.4. The first kappa shape index (κ1) is 14.4. The molecular weight excluding hydrogens is 266 g/mol. The van der Waals surface area contributed by atoms with E-state index in [1.54, 1.807) is 0 Å². The molecule has 3 rings (SSSR count). The Morgan fingerprint density at radius 3 is 2.57 bits per heavy atom. The number of para-hydroxylation sites is 1. The molecule has 0 heterocycles. The van der Waals surface area contributed by atoms with E-state index >= 15 is 0 Å². The summed E-state index contributed by atoms with van der Waals surface area (Å²) in [4.78, 5) is 12.4. The predicted molar refractivity (Wildman–Crippen MR) is 80.4 cm³/mol. The average molecular weight is 289 g/mol. The van der Waals surface area contributed by atoms with Gasteiger partial charge in [-0.25, -0.2) is 0 Å². The summed E-state index contributed by atoms with van der Waals surface area (Å²) < 4.78 is 5.79. The standard InChI is InChI=1S/C17H23NO3/c19-14-9-7-13(8-10-14)18-17(20)15-3-1-2-4-16(15)21-11-12-5-6-12/h1-4,12-14,19H,5-11H2,(H,18,20). The molecule has 4 nitrogen and oxygen atoms in total. The van der Waals surface area contributed by atoms with Gasteiger partial charge in [0.15, 0.2) is 0 Å². The number of hydrogen-bond acceptors (Lipinski definition) is 3. The minimum atomic E-state index is -0.202. The third-order valence-corrected chi connectivity index (χ3v) is 4.34. The van der Waals surface area contributed by atoms with Gasteiger partial charge in [0.1, 0.15) is 5.75 Å². The Hall–Kier alpha value is -1.55. The van der Waals surface area contributed by atoms with E-state index in [-0.39, 0.29) is 18.1 Å². The van der Waals surface area contributed by atoms with Crippen LogP contribution in [0.3, 0.4) is 0 Å². The third kappa shape index (κ3) is 3.97. The molecule has 2 aliphatic carbocycles. The molecule has 0 aromatic heterocycles. The Labute approximate surface area is 125 Å². The summed E-state index contributed by atoms with van der Waals surface area (Å²) in [5, 5.41) is 12.6. The van der Waals surface area contributed by atoms with Crippen LogP contribution in [0, 0.1) is 5.92 Å². The van der Waals surface area contributed by atoms with Crippen LogP contribution in [0.1, 0.15) is 48.9 Å². The number of hydrogen-bond donors (Lipinski definition) is 2. The first-order valence-corrected chi connectivity index (χ1v) is 7.93. The van der Waals surface area contributed by atoms with Crippen molar-refractivity contribution in [1.29, 1.82) is 0 Å². The van der Waals surface area contributed by atoms with Crippen LogP contribution in [0.5, 0.6) is 5.75 Å². The number of amides is 1. The van der Waals surface area contributed by atoms with Gasteiger partial charge in [-0.05, 0) is 56.6 Å². The van der Waals surface area contributed by atoms with Gasteiger partial charge in [-0.1, -0.05) is 12.1 Å². The van der Waals surface area contributed by atoms with Crippen molar-refractivity contribution >= 4 is 5.91 Å². The number of benzene rings is 1. The minimum Gasteiger partial charge on any atom is -0.492 e. The van der Waals surface area contributed by atoms with Crippen LogP contribution in [0.15, 0.2) is 24.3 Å². The Kier molecular flexibility index (Phi) is 4.44. The first-order valence-electron chi connectivity index (χ1n) is 7.93. The number of carbonyl (C=O) groups is 1. The van der Waals surface area contributed by atoms with Crippen LogP contribution in [-0.4, -0.2) is 29.8 Å². The third-order valence-electron chi connectivity index (χ3n) is 4.34. The number of aliphatic hydroxyl groups is 1. The van der Waals surface area contributed by atoms with Crippen molar-refractivity contribution in [3.05, 3.63) is 29.8 Å². The van der Waals surface area contributed by atoms with E-state index in [4.69, 9.17) is 4.74 Å². The smallest absolute Gasteiger partial charge is 0.255 e. The van der Waals surface area contributed by atoms with Gasteiger partial charge in [-0.2, -0.15) is 0 Å². The zero-order valence-corrected chi connectivity index (χ0v) is 12.3. The summed E-state index contributed by atoms with van der Waals surface area (Å²) >= 11 is 0. The SMILES string of the molecule is O=C(NC1CCC(O)CC1)c1ccccc1OCC1CC1. The second-order valence-electron chi connectivity index (χ2n) is 6.23. The van der Waals surface area contributed by atoms with Gasteiger partial charge < -0.3 is 15.2 Å². The van der Waals surface area contributed by atoms with Crippen molar-refractivity contribution in [2.24, 2.45) is 5.92 Å². The highest BCUT2D eigenvalue weighted by atomic mass is 16.5. The minimum absolute atomic E-state index is 0.0669. The van der Waals surface area contributed by atoms with Crippen LogP contribution >= 0.6 is 0 Å². The molecule has 0 aliphatic heterocycles. The highest BCUT2D eigenvalue weighted by Gasteiger charge is 2.24. The van der Waals surface area contributed by atoms with Gasteiger partial charge in [-0.3, -0.25) is 4.79 Å². The molecule has 0 bridgehead atoms. The van der Waals surface area contributed by atoms with E-state index in [9.17, 15) is 9.90 Å². The zero-order valence-electron chi connectivity index (χ0n) is 12.3. The summed E-state index contributed by atoms with van der Waals surface area (Å²) in [5.41, 5.74) is 0.615. The molecule has 21 heavy (non-hydrogen) atoms. The lowest BCUT2D eigenvalue weighted by molar-refractivity contribution is 0.0864. The van der Waals surface area contributed by atoms with Crippen molar-refractivity contribution < 1.29 is 14.6 Å². The van der Waals surface area contributed by atoms with Crippen LogP contribution in [0.4, 0.5) is 0 Å². The number of nitrogens with one attached hydrogen (secondary N) is 1. The van der Waals surface area contributed by atoms with Crippen molar-refractivity contribution in [3.8, 4) is 5.75 Å². The maximum absolute atomic E-state index is 12.4. The topological polar surface area (TPSA) is 58.6 Å². The van der Waals surface area contributed by atoms with E-state index in [1.807, 2.05) is 24.3 Å². The van der Waals surface area contributed by atoms with Gasteiger partial charge in [-0.15, -0.1) is 0 Å². The Balaban J connectivity index is 1.60. The van der Waals surface area contributed by atoms with Gasteiger partial charge in [0.05, 0.1) is 18.3 Å². The summed E-state index contributed by atoms with van der Waals surface area (Å²) in [6, 6.07) is 7.61. The van der Waals surface area contributed by atoms with E-state index in [0.717, 1.165) is 25.7 Å². The fourth-order valence-electron chi connectivity index (χ4n) is 2.76. The fraction of sp³-hybridized carbons (Fsp3) is 0.588. The van der Waals surface area contributed by atoms with Gasteiger partial charge in [0.25, 0.3) is 5.91 Å². The second-order valence-corrected chi connectivity index (χ2v) is 6.23. The lowest BCUT2D eigenvalue weighted by Gasteiger charge is -2.26. The van der Waals surface area contributed by atoms with Crippen LogP contribution in [0.2, 0.25) is 0 Å². The molecule has 0 unspecified atom stereocenters. The summed E-state index contributed by atoms with van der Waals surface area (Å²) in [7, 11) is 0. The molecule has 2 N–H and O–H groups in total. The number of aliphatic hydroxyl groups excluding tert-OH is 1. The molecule has 0 saturated heterocycles. The Bertz CT molecular complexity index is 491. The number of rotatable bonds is 5. The van der Waals surface area contributed by atoms with Gasteiger partial charge >= 0.3 is 0 Å². The molecule has 114 valence electrons. The van der Waals surface area contributed by atoms with E-state index in [1.165, 1.54) is 12.8 Å². The molecule has 2 saturated carbocycles. The summed E-state index contributed by atoms with van der Waals surface area (Å²) in [5.74, 6) is 1.28. The van der Waals surface area contributed by atoms with Crippen molar-refractivity contribution in [1.82, 2.24) is 5.32 Å². The van der Waals surface area contributed by atoms with Crippen LogP contribution in [-0.2, 0) is 0 Å². The highest BCUT2D eigenvalue weighted by Crippen LogP contribution is 2.30. The number of carbonyl (C=O) groups excluding carboxylic acids is 1. The molecule has 0 radical (unpaired) electrons. The fourth-order valence-corrected chi connectivity index (χ4v) is 2.76. The van der Waals surface area contributed by atoms with Gasteiger partial charge in [0, 0.05) is 6.04 Å². The van der Waals surface area contributed by atoms with Crippen molar-refractivity contribution in [3.63, 3.8) is 0 Å². The molecule has 2 fully saturated rings. The van der Waals surface area contributed by atoms with Gasteiger partial charge in [0.2, 0.25) is 0 Å². The molecule has 4 heteroatoms. The van der Waals surface area contributed by atoms with Crippen LogP contribution < -0.4 is 10.1 Å². The molecule has 1 aromatic rings. The van der Waals surface area contributed by atoms with E-state index < -0.39 is 0 Å². The molecular formula is C17H23NO3. The first-order chi connectivity index (χ1) is 10.2. The molecule has 0 spiro atoms. The van der Waals surface area contributed by atoms with Crippen molar-refractivity contribution in [2.45, 2.75) is 50.7 Å². The molecule has 1 amide bonds. The molecule has 2 aliphatic rings. The van der Waals surface area contributed by atoms with Crippen LogP contribution in [0.25, 0.3) is 0 Å². The van der Waals surface area contributed by atoms with E-state index in [2.05, 4.69) is 5.32 Å². The van der Waals surface area contributed by atoms with E-state index in [0.29, 0.717) is 23.8 Å². The quantitative estimate of drug-likeness (QED) is 0.875. The Morgan fingerprint density at radius 2 is 1.86 bits per heavy atom. The largest absolute Gasteiger partial charge is 0.492 e. The lowest BCUT2D eigenvalue weighted by Crippen LogP contribution is -2.38. The average Bonchev–Trinajstić information content (AvgIpc) is 3.32. The lowest BCUT2D eigenvalue weighted by atomic mass is 9.93. The molecule has 0 atom stereocenters. The monoisotopic (exact) mass is 289 g/mol. The maximum Gasteiger partial charge on any atom is 0.255 e. The predicted octanol–water partition coefficient (Wildman–Crippen LogP) is 2.51. The highest BCUT2D eigenvalue weighted by molar-refractivity contribution is 5.97. The summed E-state index contributed by atoms with van der Waals surface area (Å²) in [6.45, 7) is 0.708. The summed E-state index contributed by atoms with van der Waals surface area (Å²) in [6.07, 6.45) is 5.50. The number of ether oxygens (including phenoxy) is 1. The zero-order chi connectivity index (χ0) is 14.7. The molecule has 1 aromatic carbocycles. The maximum atomic E-state index is 12.4. The van der Waals surface area contributed by atoms with Crippen molar-refractivity contribution in [2.75, 3.05) is 6.61 Å². The Morgan fingerprint density at radius 1 is 1.14 bits per heavy atom. The second kappa shape index (κ2) is 6.48.